The fraction of sp³-hybridized carbons (Fsp3) is 0.724. The number of hydrogen-bond donors (Lipinski definition) is 2. The number of urea groups is 1. The second-order valence-electron chi connectivity index (χ2n) is 10.5. The maximum absolute atomic E-state index is 13.1. The Morgan fingerprint density at radius 2 is 1.84 bits per heavy atom. The van der Waals surface area contributed by atoms with E-state index in [0.29, 0.717) is 39.5 Å². The second kappa shape index (κ2) is 16.5. The highest BCUT2D eigenvalue weighted by Crippen LogP contribution is 2.33. The maximum atomic E-state index is 13.1. The Morgan fingerprint density at radius 3 is 2.57 bits per heavy atom. The van der Waals surface area contributed by atoms with Crippen molar-refractivity contribution in [2.24, 2.45) is 11.8 Å². The zero-order valence-electron chi connectivity index (χ0n) is 22.6. The maximum Gasteiger partial charge on any atom is 0.426 e. The normalized spacial score (nSPS) is 19.4. The summed E-state index contributed by atoms with van der Waals surface area (Å²) in [7, 11) is 0. The Morgan fingerprint density at radius 1 is 1.05 bits per heavy atom. The number of unbranched alkanes of at least 4 members (excludes halogenated alkanes) is 1. The Kier molecular flexibility index (Phi) is 13.0. The van der Waals surface area contributed by atoms with E-state index in [9.17, 15) is 14.7 Å². The minimum absolute atomic E-state index is 0.117. The van der Waals surface area contributed by atoms with E-state index < -0.39 is 6.09 Å². The number of carbonyl (C=O) groups excluding carboxylic acids is 1. The minimum atomic E-state index is -1.11. The van der Waals surface area contributed by atoms with Crippen LogP contribution in [0.25, 0.3) is 0 Å². The van der Waals surface area contributed by atoms with E-state index in [1.807, 2.05) is 25.1 Å². The average molecular weight is 518 g/mol. The fourth-order valence-corrected chi connectivity index (χ4v) is 5.67. The van der Waals surface area contributed by atoms with E-state index in [-0.39, 0.29) is 18.1 Å². The lowest BCUT2D eigenvalue weighted by atomic mass is 9.86. The first-order chi connectivity index (χ1) is 18.1. The number of piperidine rings is 1. The van der Waals surface area contributed by atoms with Crippen molar-refractivity contribution >= 4 is 12.1 Å². The van der Waals surface area contributed by atoms with Crippen molar-refractivity contribution < 1.29 is 24.2 Å². The summed E-state index contributed by atoms with van der Waals surface area (Å²) >= 11 is 0. The van der Waals surface area contributed by atoms with Gasteiger partial charge in [0.25, 0.3) is 0 Å². The van der Waals surface area contributed by atoms with Crippen molar-refractivity contribution in [3.63, 3.8) is 0 Å². The number of nitrogens with one attached hydrogen (secondary N) is 1. The third kappa shape index (κ3) is 10.2. The van der Waals surface area contributed by atoms with Crippen LogP contribution in [0.15, 0.2) is 30.3 Å². The van der Waals surface area contributed by atoms with Gasteiger partial charge in [-0.25, -0.2) is 20.0 Å². The Balaban J connectivity index is 1.50. The molecule has 1 saturated carbocycles. The van der Waals surface area contributed by atoms with Gasteiger partial charge in [0.2, 0.25) is 0 Å². The summed E-state index contributed by atoms with van der Waals surface area (Å²) in [6, 6.07) is 9.82. The summed E-state index contributed by atoms with van der Waals surface area (Å²) in [5.41, 5.74) is 3.76. The third-order valence-corrected chi connectivity index (χ3v) is 7.67. The third-order valence-electron chi connectivity index (χ3n) is 7.67. The van der Waals surface area contributed by atoms with Crippen molar-refractivity contribution in [3.8, 4) is 0 Å². The molecule has 2 N–H and O–H groups in total. The molecule has 208 valence electrons. The molecule has 0 radical (unpaired) electrons. The van der Waals surface area contributed by atoms with Gasteiger partial charge in [-0.1, -0.05) is 75.3 Å². The number of amides is 3. The fourth-order valence-electron chi connectivity index (χ4n) is 5.67. The standard InChI is InChI=1S/C29H47N3O5/c1-2-36-21-12-22-37-27(25-16-7-4-8-17-25)26-18-11-19-31(23-26)28(33)30-32(29(34)35)20-10-9-15-24-13-5-3-6-14-24/h4,7-8,16-17,24,26-27H,2-3,5-6,9-15,18-23H2,1H3,(H,30,33)(H,34,35)/t26?,27-/m0/s1. The smallest absolute Gasteiger partial charge is 0.426 e. The number of carboxylic acid groups (broad SMARTS) is 1. The van der Waals surface area contributed by atoms with Gasteiger partial charge in [0.15, 0.2) is 0 Å². The molecule has 8 nitrogen and oxygen atoms in total. The van der Waals surface area contributed by atoms with Crippen LogP contribution >= 0.6 is 0 Å². The van der Waals surface area contributed by atoms with Crippen LogP contribution in [0.5, 0.6) is 0 Å². The van der Waals surface area contributed by atoms with Crippen LogP contribution in [0.2, 0.25) is 0 Å². The SMILES string of the molecule is CCOCCCO[C@@H](c1ccccc1)C1CCCN(C(=O)NN(CCCCC2CCCCC2)C(=O)O)C1. The number of ether oxygens (including phenoxy) is 2. The van der Waals surface area contributed by atoms with E-state index in [1.165, 1.54) is 32.1 Å². The first kappa shape index (κ1) is 29.2. The summed E-state index contributed by atoms with van der Waals surface area (Å²) in [4.78, 5) is 26.7. The highest BCUT2D eigenvalue weighted by Gasteiger charge is 2.32. The molecule has 8 heteroatoms. The van der Waals surface area contributed by atoms with Gasteiger partial charge in [-0.2, -0.15) is 0 Å². The molecule has 0 spiro atoms. The van der Waals surface area contributed by atoms with Crippen molar-refractivity contribution in [2.75, 3.05) is 39.5 Å². The van der Waals surface area contributed by atoms with E-state index in [0.717, 1.165) is 55.0 Å². The number of nitrogens with zero attached hydrogens (tertiary/aromatic N) is 2. The minimum Gasteiger partial charge on any atom is -0.464 e. The Hall–Kier alpha value is -2.32. The molecule has 1 aromatic carbocycles. The topological polar surface area (TPSA) is 91.3 Å². The van der Waals surface area contributed by atoms with Crippen LogP contribution in [0.1, 0.15) is 89.2 Å². The Bertz CT molecular complexity index is 787. The molecule has 1 unspecified atom stereocenters. The van der Waals surface area contributed by atoms with E-state index >= 15 is 0 Å². The molecule has 1 heterocycles. The molecule has 2 fully saturated rings. The number of hydrogen-bond acceptors (Lipinski definition) is 4. The predicted molar refractivity (Wildman–Crippen MR) is 144 cm³/mol. The van der Waals surface area contributed by atoms with E-state index in [1.54, 1.807) is 4.90 Å². The molecule has 1 aliphatic heterocycles. The summed E-state index contributed by atoms with van der Waals surface area (Å²) in [6.45, 7) is 5.41. The monoisotopic (exact) mass is 517 g/mol. The van der Waals surface area contributed by atoms with E-state index in [2.05, 4.69) is 17.6 Å². The highest BCUT2D eigenvalue weighted by atomic mass is 16.5. The van der Waals surface area contributed by atoms with Gasteiger partial charge in [-0.05, 0) is 44.1 Å². The number of hydrazine groups is 1. The van der Waals surface area contributed by atoms with Crippen molar-refractivity contribution in [1.82, 2.24) is 15.3 Å². The molecule has 0 bridgehead atoms. The Labute approximate surface area is 222 Å². The van der Waals surface area contributed by atoms with Gasteiger partial charge >= 0.3 is 12.1 Å². The van der Waals surface area contributed by atoms with Crippen LogP contribution in [0.3, 0.4) is 0 Å². The molecule has 0 aromatic heterocycles. The van der Waals surface area contributed by atoms with Crippen LogP contribution in [0.4, 0.5) is 9.59 Å². The van der Waals surface area contributed by atoms with Crippen LogP contribution < -0.4 is 5.43 Å². The van der Waals surface area contributed by atoms with Crippen LogP contribution in [-0.2, 0) is 9.47 Å². The van der Waals surface area contributed by atoms with Gasteiger partial charge in [0, 0.05) is 45.4 Å². The number of benzene rings is 1. The van der Waals surface area contributed by atoms with Crippen LogP contribution in [-0.4, -0.2) is 66.6 Å². The zero-order chi connectivity index (χ0) is 26.3. The van der Waals surface area contributed by atoms with Gasteiger partial charge in [0.05, 0.1) is 6.10 Å². The molecule has 1 aromatic rings. The number of likely N-dealkylation sites (tertiary alicyclic amines) is 1. The lowest BCUT2D eigenvalue weighted by Gasteiger charge is -2.37. The molecular weight excluding hydrogens is 470 g/mol. The van der Waals surface area contributed by atoms with Gasteiger partial charge in [-0.15, -0.1) is 0 Å². The molecular formula is C29H47N3O5. The first-order valence-electron chi connectivity index (χ1n) is 14.4. The molecule has 3 rings (SSSR count). The first-order valence-corrected chi connectivity index (χ1v) is 14.4. The van der Waals surface area contributed by atoms with Gasteiger partial charge < -0.3 is 19.5 Å². The largest absolute Gasteiger partial charge is 0.464 e. The number of carbonyl (C=O) groups is 2. The molecule has 1 saturated heterocycles. The summed E-state index contributed by atoms with van der Waals surface area (Å²) in [5, 5.41) is 10.7. The van der Waals surface area contributed by atoms with Crippen molar-refractivity contribution in [1.29, 1.82) is 0 Å². The average Bonchev–Trinajstić information content (AvgIpc) is 2.93. The highest BCUT2D eigenvalue weighted by molar-refractivity contribution is 5.77. The van der Waals surface area contributed by atoms with Crippen molar-refractivity contribution in [2.45, 2.75) is 83.7 Å². The lowest BCUT2D eigenvalue weighted by molar-refractivity contribution is -0.0192. The summed E-state index contributed by atoms with van der Waals surface area (Å²) in [5.74, 6) is 0.925. The zero-order valence-corrected chi connectivity index (χ0v) is 22.6. The lowest BCUT2D eigenvalue weighted by Crippen LogP contribution is -2.54. The van der Waals surface area contributed by atoms with Crippen molar-refractivity contribution in [3.05, 3.63) is 35.9 Å². The predicted octanol–water partition coefficient (Wildman–Crippen LogP) is 6.24. The van der Waals surface area contributed by atoms with Gasteiger partial charge in [0.1, 0.15) is 0 Å². The molecule has 3 amide bonds. The summed E-state index contributed by atoms with van der Waals surface area (Å²) in [6.07, 6.45) is 10.9. The van der Waals surface area contributed by atoms with Crippen LogP contribution in [0, 0.1) is 11.8 Å². The molecule has 2 aliphatic rings. The second-order valence-corrected chi connectivity index (χ2v) is 10.5. The molecule has 2 atom stereocenters. The quantitative estimate of drug-likeness (QED) is 0.239. The molecule has 1 aliphatic carbocycles. The molecule has 37 heavy (non-hydrogen) atoms. The number of rotatable bonds is 13. The van der Waals surface area contributed by atoms with E-state index in [4.69, 9.17) is 9.47 Å². The van der Waals surface area contributed by atoms with Gasteiger partial charge in [-0.3, -0.25) is 0 Å². The summed E-state index contributed by atoms with van der Waals surface area (Å²) < 4.78 is 11.8.